The number of pyridine rings is 1. The lowest BCUT2D eigenvalue weighted by molar-refractivity contribution is 0.150. The second kappa shape index (κ2) is 5.52. The molecular formula is C9H6Br2F2N2. The van der Waals surface area contributed by atoms with E-state index in [1.54, 1.807) is 0 Å². The van der Waals surface area contributed by atoms with Crippen molar-refractivity contribution in [2.45, 2.75) is 18.2 Å². The fourth-order valence-corrected chi connectivity index (χ4v) is 2.24. The molecule has 0 N–H and O–H groups in total. The SMILES string of the molecule is N#CCc1c(CBr)ncc(C(F)F)c1Br. The molecule has 0 saturated heterocycles. The Morgan fingerprint density at radius 3 is 2.67 bits per heavy atom. The van der Waals surface area contributed by atoms with Crippen LogP contribution in [0.15, 0.2) is 10.7 Å². The third-order valence-corrected chi connectivity index (χ3v) is 3.31. The Morgan fingerprint density at radius 2 is 2.20 bits per heavy atom. The molecule has 0 aliphatic rings. The Hall–Kier alpha value is -0.540. The van der Waals surface area contributed by atoms with Crippen LogP contribution in [0.4, 0.5) is 8.78 Å². The van der Waals surface area contributed by atoms with Gasteiger partial charge >= 0.3 is 0 Å². The molecule has 1 aromatic heterocycles. The van der Waals surface area contributed by atoms with Gasteiger partial charge in [-0.05, 0) is 15.9 Å². The van der Waals surface area contributed by atoms with Crippen molar-refractivity contribution in [2.75, 3.05) is 0 Å². The lowest BCUT2D eigenvalue weighted by atomic mass is 10.1. The number of nitriles is 1. The van der Waals surface area contributed by atoms with Crippen molar-refractivity contribution in [3.8, 4) is 6.07 Å². The predicted molar refractivity (Wildman–Crippen MR) is 58.8 cm³/mol. The van der Waals surface area contributed by atoms with Crippen LogP contribution in [0.3, 0.4) is 0 Å². The summed E-state index contributed by atoms with van der Waals surface area (Å²) in [6.07, 6.45) is -1.39. The van der Waals surface area contributed by atoms with Crippen LogP contribution in [0.2, 0.25) is 0 Å². The zero-order valence-corrected chi connectivity index (χ0v) is 10.6. The van der Waals surface area contributed by atoms with E-state index in [-0.39, 0.29) is 16.5 Å². The molecule has 0 aliphatic carbocycles. The van der Waals surface area contributed by atoms with Crippen molar-refractivity contribution in [3.63, 3.8) is 0 Å². The van der Waals surface area contributed by atoms with Gasteiger partial charge in [0.1, 0.15) is 0 Å². The monoisotopic (exact) mass is 338 g/mol. The second-order valence-electron chi connectivity index (χ2n) is 2.72. The summed E-state index contributed by atoms with van der Waals surface area (Å²) in [6.45, 7) is 0. The van der Waals surface area contributed by atoms with E-state index >= 15 is 0 Å². The molecule has 0 amide bonds. The number of hydrogen-bond acceptors (Lipinski definition) is 2. The van der Waals surface area contributed by atoms with Crippen molar-refractivity contribution >= 4 is 31.9 Å². The van der Waals surface area contributed by atoms with Crippen LogP contribution in [0.5, 0.6) is 0 Å². The summed E-state index contributed by atoms with van der Waals surface area (Å²) in [7, 11) is 0. The van der Waals surface area contributed by atoms with Gasteiger partial charge in [0, 0.05) is 21.6 Å². The van der Waals surface area contributed by atoms with Crippen LogP contribution < -0.4 is 0 Å². The molecule has 0 radical (unpaired) electrons. The summed E-state index contributed by atoms with van der Waals surface area (Å²) >= 11 is 6.28. The molecule has 2 nitrogen and oxygen atoms in total. The minimum Gasteiger partial charge on any atom is -0.260 e. The first-order valence-electron chi connectivity index (χ1n) is 3.99. The highest BCUT2D eigenvalue weighted by Crippen LogP contribution is 2.31. The Morgan fingerprint density at radius 1 is 1.53 bits per heavy atom. The van der Waals surface area contributed by atoms with E-state index < -0.39 is 6.43 Å². The van der Waals surface area contributed by atoms with Crippen LogP contribution in [0.1, 0.15) is 23.2 Å². The Labute approximate surface area is 103 Å². The first kappa shape index (κ1) is 12.5. The number of hydrogen-bond donors (Lipinski definition) is 0. The van der Waals surface area contributed by atoms with Gasteiger partial charge in [-0.3, -0.25) is 4.98 Å². The van der Waals surface area contributed by atoms with E-state index in [0.717, 1.165) is 6.20 Å². The number of rotatable bonds is 3. The van der Waals surface area contributed by atoms with Crippen molar-refractivity contribution in [3.05, 3.63) is 27.5 Å². The summed E-state index contributed by atoms with van der Waals surface area (Å²) < 4.78 is 25.3. The molecule has 0 aliphatic heterocycles. The van der Waals surface area contributed by atoms with Crippen molar-refractivity contribution < 1.29 is 8.78 Å². The molecule has 0 fully saturated rings. The summed E-state index contributed by atoms with van der Waals surface area (Å²) in [6, 6.07) is 1.93. The van der Waals surface area contributed by atoms with E-state index in [1.807, 2.05) is 6.07 Å². The van der Waals surface area contributed by atoms with Gasteiger partial charge < -0.3 is 0 Å². The maximum Gasteiger partial charge on any atom is 0.266 e. The smallest absolute Gasteiger partial charge is 0.260 e. The quantitative estimate of drug-likeness (QED) is 0.786. The van der Waals surface area contributed by atoms with Gasteiger partial charge in [-0.1, -0.05) is 15.9 Å². The summed E-state index contributed by atoms with van der Waals surface area (Å²) in [5, 5.41) is 9.03. The molecule has 0 aromatic carbocycles. The van der Waals surface area contributed by atoms with E-state index in [4.69, 9.17) is 5.26 Å². The molecular weight excluding hydrogens is 334 g/mol. The van der Waals surface area contributed by atoms with Gasteiger partial charge in [-0.15, -0.1) is 0 Å². The van der Waals surface area contributed by atoms with E-state index in [9.17, 15) is 8.78 Å². The van der Waals surface area contributed by atoms with Gasteiger partial charge in [0.25, 0.3) is 6.43 Å². The van der Waals surface area contributed by atoms with Gasteiger partial charge in [-0.2, -0.15) is 5.26 Å². The summed E-state index contributed by atoms with van der Waals surface area (Å²) in [5.74, 6) is 0. The summed E-state index contributed by atoms with van der Waals surface area (Å²) in [5.41, 5.74) is 0.949. The summed E-state index contributed by atoms with van der Waals surface area (Å²) in [4.78, 5) is 3.89. The highest BCUT2D eigenvalue weighted by Gasteiger charge is 2.17. The normalized spacial score (nSPS) is 10.4. The first-order chi connectivity index (χ1) is 7.11. The van der Waals surface area contributed by atoms with Gasteiger partial charge in [0.05, 0.1) is 23.7 Å². The van der Waals surface area contributed by atoms with Crippen molar-refractivity contribution in [1.82, 2.24) is 4.98 Å². The number of halogens is 4. The van der Waals surface area contributed by atoms with Crippen molar-refractivity contribution in [1.29, 1.82) is 5.26 Å². The van der Waals surface area contributed by atoms with E-state index in [2.05, 4.69) is 36.8 Å². The maximum absolute atomic E-state index is 12.5. The third kappa shape index (κ3) is 2.73. The largest absolute Gasteiger partial charge is 0.266 e. The average Bonchev–Trinajstić information content (AvgIpc) is 2.20. The zero-order valence-electron chi connectivity index (χ0n) is 7.48. The Kier molecular flexibility index (Phi) is 4.61. The first-order valence-corrected chi connectivity index (χ1v) is 5.90. The highest BCUT2D eigenvalue weighted by atomic mass is 79.9. The van der Waals surface area contributed by atoms with Crippen molar-refractivity contribution in [2.24, 2.45) is 0 Å². The number of nitrogens with zero attached hydrogens (tertiary/aromatic N) is 2. The average molecular weight is 340 g/mol. The standard InChI is InChI=1S/C9H6Br2F2N2/c10-3-7-5(1-2-14)8(11)6(4-15-7)9(12)13/h4,9H,1,3H2. The fraction of sp³-hybridized carbons (Fsp3) is 0.333. The number of aromatic nitrogens is 1. The predicted octanol–water partition coefficient (Wildman–Crippen LogP) is 3.74. The minimum absolute atomic E-state index is 0.0646. The molecule has 15 heavy (non-hydrogen) atoms. The molecule has 0 bridgehead atoms. The van der Waals surface area contributed by atoms with Gasteiger partial charge in [-0.25, -0.2) is 8.78 Å². The lowest BCUT2D eigenvalue weighted by Crippen LogP contribution is -2.00. The van der Waals surface area contributed by atoms with Gasteiger partial charge in [0.15, 0.2) is 0 Å². The van der Waals surface area contributed by atoms with Crippen LogP contribution in [-0.4, -0.2) is 4.98 Å². The fourth-order valence-electron chi connectivity index (χ4n) is 1.11. The molecule has 0 atom stereocenters. The molecule has 0 saturated carbocycles. The molecule has 0 spiro atoms. The van der Waals surface area contributed by atoms with Crippen LogP contribution in [0.25, 0.3) is 0 Å². The van der Waals surface area contributed by atoms with Gasteiger partial charge in [0.2, 0.25) is 0 Å². The van der Waals surface area contributed by atoms with Crippen LogP contribution in [-0.2, 0) is 11.8 Å². The highest BCUT2D eigenvalue weighted by molar-refractivity contribution is 9.10. The van der Waals surface area contributed by atoms with Crippen LogP contribution >= 0.6 is 31.9 Å². The molecule has 6 heteroatoms. The lowest BCUT2D eigenvalue weighted by Gasteiger charge is -2.10. The third-order valence-electron chi connectivity index (χ3n) is 1.84. The zero-order chi connectivity index (χ0) is 11.4. The Bertz CT molecular complexity index is 402. The molecule has 1 heterocycles. The molecule has 1 aromatic rings. The molecule has 80 valence electrons. The maximum atomic E-state index is 12.5. The second-order valence-corrected chi connectivity index (χ2v) is 4.08. The van der Waals surface area contributed by atoms with Crippen LogP contribution in [0, 0.1) is 11.3 Å². The van der Waals surface area contributed by atoms with E-state index in [0.29, 0.717) is 16.6 Å². The molecule has 0 unspecified atom stereocenters. The Balaban J connectivity index is 3.30. The molecule has 1 rings (SSSR count). The van der Waals surface area contributed by atoms with E-state index in [1.165, 1.54) is 0 Å². The number of alkyl halides is 3. The minimum atomic E-state index is -2.59. The topological polar surface area (TPSA) is 36.7 Å².